The van der Waals surface area contributed by atoms with Gasteiger partial charge >= 0.3 is 6.11 Å². The van der Waals surface area contributed by atoms with Crippen molar-refractivity contribution in [2.24, 2.45) is 0 Å². The highest BCUT2D eigenvalue weighted by molar-refractivity contribution is 5.72. The fraction of sp³-hybridized carbons (Fsp3) is 0.189. The third kappa shape index (κ3) is 6.93. The molecule has 9 heteroatoms. The number of unbranched alkanes of at least 4 members (excludes halogenated alkanes) is 2. The molecule has 0 fully saturated rings. The van der Waals surface area contributed by atoms with Gasteiger partial charge < -0.3 is 4.74 Å². The normalized spacial score (nSPS) is 11.6. The number of benzene rings is 5. The van der Waals surface area contributed by atoms with Crippen molar-refractivity contribution in [1.29, 1.82) is 0 Å². The minimum Gasteiger partial charge on any atom is -0.429 e. The van der Waals surface area contributed by atoms with Crippen LogP contribution in [0.25, 0.3) is 33.4 Å². The molecule has 0 radical (unpaired) electrons. The summed E-state index contributed by atoms with van der Waals surface area (Å²) in [6.07, 6.45) is -0.389. The largest absolute Gasteiger partial charge is 0.432 e. The van der Waals surface area contributed by atoms with Crippen LogP contribution < -0.4 is 4.74 Å². The van der Waals surface area contributed by atoms with Crippen LogP contribution in [0.1, 0.15) is 42.9 Å². The van der Waals surface area contributed by atoms with Crippen molar-refractivity contribution < 1.29 is 39.9 Å². The van der Waals surface area contributed by atoms with Gasteiger partial charge in [0.2, 0.25) is 0 Å². The molecule has 0 bridgehead atoms. The van der Waals surface area contributed by atoms with Crippen LogP contribution >= 0.6 is 0 Å². The Morgan fingerprint density at radius 1 is 0.543 bits per heavy atom. The molecule has 0 atom stereocenters. The van der Waals surface area contributed by atoms with E-state index in [1.54, 1.807) is 6.07 Å². The summed E-state index contributed by atoms with van der Waals surface area (Å²) >= 11 is 0. The minimum absolute atomic E-state index is 0.194. The second-order valence-corrected chi connectivity index (χ2v) is 11.0. The summed E-state index contributed by atoms with van der Waals surface area (Å²) in [5, 5.41) is 0. The maximum Gasteiger partial charge on any atom is 0.432 e. The van der Waals surface area contributed by atoms with Crippen LogP contribution in [0.2, 0.25) is 0 Å². The highest BCUT2D eigenvalue weighted by Crippen LogP contribution is 2.39. The zero-order valence-electron chi connectivity index (χ0n) is 24.8. The number of rotatable bonds is 10. The molecule has 0 amide bonds. The first-order valence-electron chi connectivity index (χ1n) is 14.6. The number of alkyl halides is 2. The third-order valence-electron chi connectivity index (χ3n) is 7.75. The lowest BCUT2D eigenvalue weighted by Crippen LogP contribution is -2.25. The summed E-state index contributed by atoms with van der Waals surface area (Å²) in [4.78, 5) is 0. The van der Waals surface area contributed by atoms with Gasteiger partial charge in [0.1, 0.15) is 46.2 Å². The van der Waals surface area contributed by atoms with Gasteiger partial charge in [0.25, 0.3) is 0 Å². The first-order valence-corrected chi connectivity index (χ1v) is 14.6. The summed E-state index contributed by atoms with van der Waals surface area (Å²) in [6, 6.07) is 16.9. The van der Waals surface area contributed by atoms with Crippen molar-refractivity contribution >= 4 is 0 Å². The standard InChI is InChI=1S/C37H28F8O/c1-3-4-5-6-22-7-9-23(10-8-22)24-11-13-28(32(40)15-24)26-18-34(42)36(35(43)19-26)37(44,45)46-27-12-14-29(33(41)20-27)25-16-30(38)21(2)31(39)17-25/h7-20H,3-6H2,1-2H3. The lowest BCUT2D eigenvalue weighted by molar-refractivity contribution is -0.189. The average molecular weight is 641 g/mol. The lowest BCUT2D eigenvalue weighted by atomic mass is 9.97. The van der Waals surface area contributed by atoms with E-state index in [9.17, 15) is 13.2 Å². The van der Waals surface area contributed by atoms with E-state index in [-0.39, 0.29) is 27.8 Å². The molecule has 0 saturated heterocycles. The van der Waals surface area contributed by atoms with Gasteiger partial charge in [-0.2, -0.15) is 8.78 Å². The molecule has 5 aromatic carbocycles. The quantitative estimate of drug-likeness (QED) is 0.109. The Kier molecular flexibility index (Phi) is 9.51. The van der Waals surface area contributed by atoms with E-state index < -0.39 is 52.3 Å². The Morgan fingerprint density at radius 2 is 1.04 bits per heavy atom. The molecular formula is C37H28F8O. The molecule has 0 N–H and O–H groups in total. The summed E-state index contributed by atoms with van der Waals surface area (Å²) < 4.78 is 122. The Labute approximate surface area is 261 Å². The summed E-state index contributed by atoms with van der Waals surface area (Å²) in [5.74, 6) is -8.10. The Hall–Kier alpha value is -4.66. The van der Waals surface area contributed by atoms with E-state index >= 15 is 22.0 Å². The second-order valence-electron chi connectivity index (χ2n) is 11.0. The molecule has 0 aliphatic heterocycles. The molecule has 238 valence electrons. The monoisotopic (exact) mass is 640 g/mol. The number of hydrogen-bond acceptors (Lipinski definition) is 1. The maximum atomic E-state index is 15.2. The number of halogens is 8. The Morgan fingerprint density at radius 3 is 1.59 bits per heavy atom. The van der Waals surface area contributed by atoms with Crippen LogP contribution in [0, 0.1) is 41.8 Å². The summed E-state index contributed by atoms with van der Waals surface area (Å²) in [6.45, 7) is 3.31. The smallest absolute Gasteiger partial charge is 0.429 e. The van der Waals surface area contributed by atoms with Gasteiger partial charge in [-0.05, 0) is 90.0 Å². The molecule has 1 nitrogen and oxygen atoms in total. The molecule has 0 aliphatic rings. The SMILES string of the molecule is CCCCCc1ccc(-c2ccc(-c3cc(F)c(C(F)(F)Oc4ccc(-c5cc(F)c(C)c(F)c5)c(F)c4)c(F)c3)c(F)c2)cc1. The van der Waals surface area contributed by atoms with E-state index in [0.717, 1.165) is 61.1 Å². The van der Waals surface area contributed by atoms with Crippen molar-refractivity contribution in [2.75, 3.05) is 0 Å². The van der Waals surface area contributed by atoms with Crippen LogP contribution in [-0.4, -0.2) is 0 Å². The van der Waals surface area contributed by atoms with Crippen molar-refractivity contribution in [2.45, 2.75) is 45.6 Å². The van der Waals surface area contributed by atoms with Crippen LogP contribution in [0.4, 0.5) is 35.1 Å². The molecule has 0 heterocycles. The predicted octanol–water partition coefficient (Wildman–Crippen LogP) is 11.7. The van der Waals surface area contributed by atoms with Crippen molar-refractivity contribution in [3.63, 3.8) is 0 Å². The zero-order valence-corrected chi connectivity index (χ0v) is 24.8. The van der Waals surface area contributed by atoms with Gasteiger partial charge in [-0.25, -0.2) is 26.3 Å². The molecule has 0 saturated carbocycles. The van der Waals surface area contributed by atoms with Crippen LogP contribution in [0.5, 0.6) is 5.75 Å². The molecule has 5 aromatic rings. The fourth-order valence-electron chi connectivity index (χ4n) is 5.17. The highest BCUT2D eigenvalue weighted by Gasteiger charge is 2.41. The topological polar surface area (TPSA) is 9.23 Å². The minimum atomic E-state index is -4.62. The van der Waals surface area contributed by atoms with Crippen molar-refractivity contribution in [3.05, 3.63) is 137 Å². The number of ether oxygens (including phenoxy) is 1. The number of aryl methyl sites for hydroxylation is 1. The van der Waals surface area contributed by atoms with E-state index in [0.29, 0.717) is 23.8 Å². The van der Waals surface area contributed by atoms with E-state index in [2.05, 4.69) is 11.7 Å². The molecule has 0 aliphatic carbocycles. The van der Waals surface area contributed by atoms with Crippen LogP contribution in [0.3, 0.4) is 0 Å². The first kappa shape index (κ1) is 32.7. The van der Waals surface area contributed by atoms with Crippen LogP contribution in [-0.2, 0) is 12.5 Å². The zero-order chi connectivity index (χ0) is 33.2. The van der Waals surface area contributed by atoms with Gasteiger partial charge in [0.15, 0.2) is 0 Å². The Balaban J connectivity index is 1.36. The predicted molar refractivity (Wildman–Crippen MR) is 161 cm³/mol. The summed E-state index contributed by atoms with van der Waals surface area (Å²) in [5.41, 5.74) is -0.683. The van der Waals surface area contributed by atoms with Gasteiger partial charge in [0.05, 0.1) is 0 Å². The van der Waals surface area contributed by atoms with Gasteiger partial charge in [-0.15, -0.1) is 0 Å². The Bertz CT molecular complexity index is 1840. The second kappa shape index (κ2) is 13.4. The summed E-state index contributed by atoms with van der Waals surface area (Å²) in [7, 11) is 0. The van der Waals surface area contributed by atoms with Gasteiger partial charge in [-0.3, -0.25) is 0 Å². The lowest BCUT2D eigenvalue weighted by Gasteiger charge is -2.20. The molecule has 0 spiro atoms. The molecule has 5 rings (SSSR count). The average Bonchev–Trinajstić information content (AvgIpc) is 2.99. The van der Waals surface area contributed by atoms with Gasteiger partial charge in [-0.1, -0.05) is 56.2 Å². The fourth-order valence-corrected chi connectivity index (χ4v) is 5.17. The molecule has 0 aromatic heterocycles. The molecule has 0 unspecified atom stereocenters. The van der Waals surface area contributed by atoms with E-state index in [1.807, 2.05) is 24.3 Å². The number of hydrogen-bond donors (Lipinski definition) is 0. The maximum absolute atomic E-state index is 15.2. The molecular weight excluding hydrogens is 612 g/mol. The highest BCUT2D eigenvalue weighted by atomic mass is 19.3. The molecule has 46 heavy (non-hydrogen) atoms. The van der Waals surface area contributed by atoms with E-state index in [1.165, 1.54) is 19.1 Å². The van der Waals surface area contributed by atoms with Crippen molar-refractivity contribution in [3.8, 4) is 39.1 Å². The van der Waals surface area contributed by atoms with Crippen molar-refractivity contribution in [1.82, 2.24) is 0 Å². The van der Waals surface area contributed by atoms with Crippen LogP contribution in [0.15, 0.2) is 84.9 Å². The first-order chi connectivity index (χ1) is 21.9. The van der Waals surface area contributed by atoms with Gasteiger partial charge in [0, 0.05) is 22.8 Å². The van der Waals surface area contributed by atoms with E-state index in [4.69, 9.17) is 0 Å². The third-order valence-corrected chi connectivity index (χ3v) is 7.75.